The van der Waals surface area contributed by atoms with Crippen LogP contribution in [0, 0.1) is 0 Å². The number of urea groups is 1. The molecule has 110 valence electrons. The van der Waals surface area contributed by atoms with E-state index in [4.69, 9.17) is 0 Å². The fourth-order valence-corrected chi connectivity index (χ4v) is 1.81. The van der Waals surface area contributed by atoms with Crippen LogP contribution in [0.25, 0.3) is 0 Å². The first-order valence-electron chi connectivity index (χ1n) is 5.80. The lowest BCUT2D eigenvalue weighted by molar-refractivity contribution is -0.0934. The predicted molar refractivity (Wildman–Crippen MR) is 74.2 cm³/mol. The highest BCUT2D eigenvalue weighted by atomic mass is 79.9. The fourth-order valence-electron chi connectivity index (χ4n) is 1.36. The van der Waals surface area contributed by atoms with Gasteiger partial charge in [-0.1, -0.05) is 34.6 Å². The first-order valence-corrected chi connectivity index (χ1v) is 6.59. The van der Waals surface area contributed by atoms with Gasteiger partial charge in [-0.15, -0.1) is 0 Å². The van der Waals surface area contributed by atoms with E-state index in [1.165, 1.54) is 0 Å². The van der Waals surface area contributed by atoms with Gasteiger partial charge in [0.15, 0.2) is 0 Å². The van der Waals surface area contributed by atoms with Gasteiger partial charge in [-0.25, -0.2) is 4.79 Å². The average Bonchev–Trinajstić information content (AvgIpc) is 2.35. The molecule has 0 saturated carbocycles. The van der Waals surface area contributed by atoms with Gasteiger partial charge in [0.1, 0.15) is 0 Å². The van der Waals surface area contributed by atoms with E-state index in [1.54, 1.807) is 0 Å². The number of nitrogens with one attached hydrogen (secondary N) is 2. The number of benzene rings is 1. The molecule has 1 aromatic carbocycles. The van der Waals surface area contributed by atoms with Crippen molar-refractivity contribution in [2.45, 2.75) is 19.1 Å². The average molecular weight is 351 g/mol. The van der Waals surface area contributed by atoms with Gasteiger partial charge >= 0.3 is 12.2 Å². The number of alkyl halides is 3. The molecular formula is C13H14BrF3N2O. The van der Waals surface area contributed by atoms with Gasteiger partial charge in [-0.3, -0.25) is 0 Å². The zero-order valence-corrected chi connectivity index (χ0v) is 12.1. The first kappa shape index (κ1) is 16.6. The zero-order valence-electron chi connectivity index (χ0n) is 10.6. The predicted octanol–water partition coefficient (Wildman–Crippen LogP) is 3.76. The molecule has 2 N–H and O–H groups in total. The normalized spacial score (nSPS) is 11.0. The summed E-state index contributed by atoms with van der Waals surface area (Å²) in [5.74, 6) is 0. The van der Waals surface area contributed by atoms with Gasteiger partial charge in [-0.2, -0.15) is 13.2 Å². The Morgan fingerprint density at radius 3 is 2.60 bits per heavy atom. The number of rotatable bonds is 5. The minimum atomic E-state index is -4.41. The standard InChI is InChI=1S/C13H14BrF3N2O/c1-9(13(15,16)17)5-6-18-12(20)19-8-10-3-2-4-11(14)7-10/h2-4,7H,1,5-6,8H2,(H2,18,19,20). The highest BCUT2D eigenvalue weighted by Gasteiger charge is 2.30. The van der Waals surface area contributed by atoms with Crippen molar-refractivity contribution in [1.82, 2.24) is 10.6 Å². The van der Waals surface area contributed by atoms with Crippen LogP contribution in [0.3, 0.4) is 0 Å². The lowest BCUT2D eigenvalue weighted by Gasteiger charge is -2.11. The molecule has 0 aromatic heterocycles. The smallest absolute Gasteiger partial charge is 0.338 e. The van der Waals surface area contributed by atoms with E-state index in [2.05, 4.69) is 33.1 Å². The maximum atomic E-state index is 12.1. The second kappa shape index (κ2) is 7.33. The Balaban J connectivity index is 2.26. The van der Waals surface area contributed by atoms with E-state index >= 15 is 0 Å². The molecule has 0 fully saturated rings. The van der Waals surface area contributed by atoms with Crippen molar-refractivity contribution in [3.05, 3.63) is 46.5 Å². The van der Waals surface area contributed by atoms with Crippen LogP contribution in [-0.2, 0) is 6.54 Å². The quantitative estimate of drug-likeness (QED) is 0.780. The number of hydrogen-bond acceptors (Lipinski definition) is 1. The van der Waals surface area contributed by atoms with Crippen LogP contribution in [0.4, 0.5) is 18.0 Å². The van der Waals surface area contributed by atoms with Crippen LogP contribution in [0.5, 0.6) is 0 Å². The van der Waals surface area contributed by atoms with Crippen LogP contribution in [-0.4, -0.2) is 18.8 Å². The van der Waals surface area contributed by atoms with Crippen LogP contribution in [0.2, 0.25) is 0 Å². The maximum Gasteiger partial charge on any atom is 0.412 e. The molecule has 0 aliphatic carbocycles. The van der Waals surface area contributed by atoms with E-state index < -0.39 is 17.8 Å². The molecule has 1 aromatic rings. The summed E-state index contributed by atoms with van der Waals surface area (Å²) in [5.41, 5.74) is 0.0269. The molecule has 0 bridgehead atoms. The number of carbonyl (C=O) groups excluding carboxylic acids is 1. The summed E-state index contributed by atoms with van der Waals surface area (Å²) in [4.78, 5) is 11.4. The summed E-state index contributed by atoms with van der Waals surface area (Å²) < 4.78 is 37.3. The Kier molecular flexibility index (Phi) is 6.06. The fraction of sp³-hybridized carbons (Fsp3) is 0.308. The van der Waals surface area contributed by atoms with Crippen LogP contribution < -0.4 is 10.6 Å². The SMILES string of the molecule is C=C(CCNC(=O)NCc1cccc(Br)c1)C(F)(F)F. The number of amides is 2. The Hall–Kier alpha value is -1.50. The van der Waals surface area contributed by atoms with Crippen LogP contribution in [0.15, 0.2) is 40.9 Å². The summed E-state index contributed by atoms with van der Waals surface area (Å²) in [5, 5.41) is 4.90. The summed E-state index contributed by atoms with van der Waals surface area (Å²) in [6.45, 7) is 3.11. The van der Waals surface area contributed by atoms with Gasteiger partial charge < -0.3 is 10.6 Å². The molecule has 2 amide bonds. The molecule has 1 rings (SSSR count). The third kappa shape index (κ3) is 6.10. The van der Waals surface area contributed by atoms with Gasteiger partial charge in [0.2, 0.25) is 0 Å². The number of carbonyl (C=O) groups is 1. The molecule has 0 atom stereocenters. The van der Waals surface area contributed by atoms with E-state index in [0.717, 1.165) is 10.0 Å². The van der Waals surface area contributed by atoms with Gasteiger partial charge in [0, 0.05) is 23.1 Å². The Morgan fingerprint density at radius 2 is 2.00 bits per heavy atom. The van der Waals surface area contributed by atoms with E-state index in [9.17, 15) is 18.0 Å². The summed E-state index contributed by atoms with van der Waals surface area (Å²) in [6, 6.07) is 6.83. The van der Waals surface area contributed by atoms with Crippen molar-refractivity contribution >= 4 is 22.0 Å². The molecule has 20 heavy (non-hydrogen) atoms. The van der Waals surface area contributed by atoms with Crippen molar-refractivity contribution in [3.8, 4) is 0 Å². The molecule has 0 spiro atoms. The van der Waals surface area contributed by atoms with Gasteiger partial charge in [0.05, 0.1) is 0 Å². The summed E-state index contributed by atoms with van der Waals surface area (Å²) >= 11 is 3.30. The molecule has 0 aliphatic heterocycles. The van der Waals surface area contributed by atoms with Crippen LogP contribution in [0.1, 0.15) is 12.0 Å². The third-order valence-electron chi connectivity index (χ3n) is 2.46. The minimum Gasteiger partial charge on any atom is -0.338 e. The van der Waals surface area contributed by atoms with Gasteiger partial charge in [-0.05, 0) is 24.1 Å². The Bertz CT molecular complexity index is 489. The summed E-state index contributed by atoms with van der Waals surface area (Å²) in [7, 11) is 0. The number of hydrogen-bond donors (Lipinski definition) is 2. The number of halogens is 4. The molecule has 0 aliphatic rings. The molecular weight excluding hydrogens is 337 g/mol. The second-order valence-electron chi connectivity index (χ2n) is 4.09. The summed E-state index contributed by atoms with van der Waals surface area (Å²) in [6.07, 6.45) is -4.73. The second-order valence-corrected chi connectivity index (χ2v) is 5.01. The van der Waals surface area contributed by atoms with Gasteiger partial charge in [0.25, 0.3) is 0 Å². The Labute approximate surface area is 123 Å². The highest BCUT2D eigenvalue weighted by molar-refractivity contribution is 9.10. The van der Waals surface area contributed by atoms with E-state index in [-0.39, 0.29) is 13.0 Å². The van der Waals surface area contributed by atoms with Crippen molar-refractivity contribution < 1.29 is 18.0 Å². The van der Waals surface area contributed by atoms with Crippen molar-refractivity contribution in [2.75, 3.05) is 6.54 Å². The molecule has 0 radical (unpaired) electrons. The van der Waals surface area contributed by atoms with Crippen molar-refractivity contribution in [1.29, 1.82) is 0 Å². The topological polar surface area (TPSA) is 41.1 Å². The van der Waals surface area contributed by atoms with Crippen molar-refractivity contribution in [2.24, 2.45) is 0 Å². The molecule has 0 saturated heterocycles. The minimum absolute atomic E-state index is 0.108. The first-order chi connectivity index (χ1) is 9.29. The van der Waals surface area contributed by atoms with Crippen LogP contribution >= 0.6 is 15.9 Å². The molecule has 3 nitrogen and oxygen atoms in total. The zero-order chi connectivity index (χ0) is 15.2. The Morgan fingerprint density at radius 1 is 1.30 bits per heavy atom. The maximum absolute atomic E-state index is 12.1. The molecule has 0 unspecified atom stereocenters. The lowest BCUT2D eigenvalue weighted by atomic mass is 10.2. The molecule has 0 heterocycles. The van der Waals surface area contributed by atoms with E-state index in [1.807, 2.05) is 24.3 Å². The van der Waals surface area contributed by atoms with E-state index in [0.29, 0.717) is 6.54 Å². The molecule has 7 heteroatoms. The monoisotopic (exact) mass is 350 g/mol. The third-order valence-corrected chi connectivity index (χ3v) is 2.95. The highest BCUT2D eigenvalue weighted by Crippen LogP contribution is 2.25. The largest absolute Gasteiger partial charge is 0.412 e. The lowest BCUT2D eigenvalue weighted by Crippen LogP contribution is -2.36. The van der Waals surface area contributed by atoms with Crippen molar-refractivity contribution in [3.63, 3.8) is 0 Å².